The van der Waals surface area contributed by atoms with E-state index in [4.69, 9.17) is 14.2 Å². The van der Waals surface area contributed by atoms with Gasteiger partial charge < -0.3 is 28.6 Å². The summed E-state index contributed by atoms with van der Waals surface area (Å²) in [5, 5.41) is 11.6. The number of carboxylic acid groups (broad SMARTS) is 1. The smallest absolute Gasteiger partial charge is 0.306 e. The van der Waals surface area contributed by atoms with Crippen molar-refractivity contribution in [2.75, 3.05) is 41.0 Å². The van der Waals surface area contributed by atoms with Crippen LogP contribution in [0, 0.1) is 0 Å². The molecule has 52 heavy (non-hydrogen) atoms. The molecule has 0 aliphatic heterocycles. The quantitative estimate of drug-likeness (QED) is 0.0269. The molecule has 0 N–H and O–H groups in total. The average Bonchev–Trinajstić information content (AvgIpc) is 3.09. The third-order valence-corrected chi connectivity index (χ3v) is 9.59. The van der Waals surface area contributed by atoms with Gasteiger partial charge in [-0.1, -0.05) is 147 Å². The second kappa shape index (κ2) is 35.8. The number of rotatable bonds is 38. The number of nitrogens with zero attached hydrogens (tertiary/aromatic N) is 1. The third kappa shape index (κ3) is 33.6. The Morgan fingerprint density at radius 3 is 1.52 bits per heavy atom. The maximum absolute atomic E-state index is 12.7. The van der Waals surface area contributed by atoms with Crippen molar-refractivity contribution < 1.29 is 38.2 Å². The zero-order chi connectivity index (χ0) is 38.5. The predicted molar refractivity (Wildman–Crippen MR) is 213 cm³/mol. The minimum atomic E-state index is -1.13. The van der Waals surface area contributed by atoms with Crippen LogP contribution in [0.5, 0.6) is 0 Å². The lowest BCUT2D eigenvalue weighted by Crippen LogP contribution is -2.55. The van der Waals surface area contributed by atoms with Gasteiger partial charge in [0.05, 0.1) is 40.3 Å². The van der Waals surface area contributed by atoms with E-state index in [-0.39, 0.29) is 42.7 Å². The fourth-order valence-electron chi connectivity index (χ4n) is 6.22. The minimum absolute atomic E-state index is 0.0418. The molecule has 0 heterocycles. The average molecular weight is 736 g/mol. The van der Waals surface area contributed by atoms with Crippen LogP contribution in [0.2, 0.25) is 0 Å². The molecule has 0 amide bonds. The summed E-state index contributed by atoms with van der Waals surface area (Å²) in [6.07, 6.45) is 37.6. The van der Waals surface area contributed by atoms with E-state index in [2.05, 4.69) is 38.2 Å². The summed E-state index contributed by atoms with van der Waals surface area (Å²) in [5.74, 6) is -1.74. The fourth-order valence-corrected chi connectivity index (χ4v) is 6.22. The van der Waals surface area contributed by atoms with Crippen molar-refractivity contribution in [1.82, 2.24) is 0 Å². The number of carboxylic acids is 1. The minimum Gasteiger partial charge on any atom is -0.544 e. The van der Waals surface area contributed by atoms with Gasteiger partial charge in [-0.05, 0) is 44.9 Å². The van der Waals surface area contributed by atoms with Crippen molar-refractivity contribution in [3.63, 3.8) is 0 Å². The summed E-state index contributed by atoms with van der Waals surface area (Å²) in [4.78, 5) is 36.7. The third-order valence-electron chi connectivity index (χ3n) is 9.59. The van der Waals surface area contributed by atoms with Crippen LogP contribution >= 0.6 is 0 Å². The highest BCUT2D eigenvalue weighted by atomic mass is 16.6. The highest BCUT2D eigenvalue weighted by molar-refractivity contribution is 5.70. The molecule has 0 fully saturated rings. The Labute approximate surface area is 320 Å². The van der Waals surface area contributed by atoms with E-state index in [0.717, 1.165) is 51.4 Å². The fraction of sp³-hybridized carbons (Fsp3) is 0.841. The molecular weight excluding hydrogens is 654 g/mol. The number of ether oxygens (including phenoxy) is 3. The van der Waals surface area contributed by atoms with Crippen molar-refractivity contribution in [2.45, 2.75) is 199 Å². The molecule has 8 nitrogen and oxygen atoms in total. The van der Waals surface area contributed by atoms with Gasteiger partial charge in [-0.2, -0.15) is 0 Å². The Balaban J connectivity index is 4.33. The first-order valence-electron chi connectivity index (χ1n) is 21.4. The van der Waals surface area contributed by atoms with Crippen molar-refractivity contribution in [3.05, 3.63) is 24.3 Å². The van der Waals surface area contributed by atoms with E-state index in [1.165, 1.54) is 103 Å². The number of likely N-dealkylation sites (N-methyl/N-ethyl adjacent to an activating group) is 1. The highest BCUT2D eigenvalue weighted by Gasteiger charge is 2.25. The van der Waals surface area contributed by atoms with E-state index in [0.29, 0.717) is 12.8 Å². The van der Waals surface area contributed by atoms with Crippen LogP contribution in [-0.4, -0.2) is 75.5 Å². The van der Waals surface area contributed by atoms with E-state index >= 15 is 0 Å². The van der Waals surface area contributed by atoms with Crippen LogP contribution in [0.25, 0.3) is 0 Å². The summed E-state index contributed by atoms with van der Waals surface area (Å²) in [5.41, 5.74) is 0. The van der Waals surface area contributed by atoms with Crippen molar-refractivity contribution in [2.24, 2.45) is 0 Å². The van der Waals surface area contributed by atoms with Gasteiger partial charge in [0.25, 0.3) is 0 Å². The Morgan fingerprint density at radius 1 is 0.577 bits per heavy atom. The van der Waals surface area contributed by atoms with Gasteiger partial charge in [0, 0.05) is 19.3 Å². The van der Waals surface area contributed by atoms with Crippen LogP contribution in [0.4, 0.5) is 0 Å². The Kier molecular flexibility index (Phi) is 34.3. The van der Waals surface area contributed by atoms with Gasteiger partial charge >= 0.3 is 11.9 Å². The maximum Gasteiger partial charge on any atom is 0.306 e. The van der Waals surface area contributed by atoms with Crippen molar-refractivity contribution in [1.29, 1.82) is 0 Å². The molecule has 0 spiro atoms. The Hall–Kier alpha value is -2.19. The summed E-state index contributed by atoms with van der Waals surface area (Å²) in [6.45, 7) is 4.63. The largest absolute Gasteiger partial charge is 0.544 e. The number of carbonyl (C=O) groups excluding carboxylic acids is 3. The number of esters is 2. The first kappa shape index (κ1) is 49.8. The number of carbonyl (C=O) groups is 3. The molecule has 2 unspecified atom stereocenters. The second-order valence-corrected chi connectivity index (χ2v) is 15.6. The normalized spacial score (nSPS) is 13.2. The zero-order valence-corrected chi connectivity index (χ0v) is 34.5. The monoisotopic (exact) mass is 736 g/mol. The summed E-state index contributed by atoms with van der Waals surface area (Å²) in [6, 6.07) is -0.723. The molecule has 0 aliphatic rings. The van der Waals surface area contributed by atoms with E-state index in [9.17, 15) is 19.5 Å². The molecule has 2 atom stereocenters. The van der Waals surface area contributed by atoms with Crippen LogP contribution in [0.1, 0.15) is 187 Å². The standard InChI is InChI=1S/C44H81NO7/c1-6-8-10-12-14-16-18-19-20-21-22-23-25-26-28-30-32-34-42(46)51-39-40(38-50-37-36-41(44(48)49)45(3,4)5)52-43(47)35-33-31-29-27-24-17-15-13-11-9-7-2/h14,16,19-20,40-41H,6-13,15,17-18,21-39H2,1-5H3/b16-14+,20-19+. The summed E-state index contributed by atoms with van der Waals surface area (Å²) in [7, 11) is 5.40. The van der Waals surface area contributed by atoms with Gasteiger partial charge in [0.15, 0.2) is 6.10 Å². The predicted octanol–water partition coefficient (Wildman–Crippen LogP) is 9.97. The molecule has 0 saturated heterocycles. The number of quaternary nitrogens is 1. The Bertz CT molecular complexity index is 911. The lowest BCUT2D eigenvalue weighted by Gasteiger charge is -2.34. The molecule has 0 rings (SSSR count). The molecule has 0 aromatic rings. The molecule has 0 aliphatic carbocycles. The second-order valence-electron chi connectivity index (χ2n) is 15.6. The lowest BCUT2D eigenvalue weighted by molar-refractivity contribution is -0.889. The molecule has 304 valence electrons. The number of aliphatic carboxylic acids is 1. The molecule has 0 saturated carbocycles. The number of hydrogen-bond acceptors (Lipinski definition) is 7. The van der Waals surface area contributed by atoms with E-state index in [1.54, 1.807) is 21.1 Å². The maximum atomic E-state index is 12.7. The molecule has 0 bridgehead atoms. The molecule has 0 aromatic carbocycles. The van der Waals surface area contributed by atoms with Crippen LogP contribution < -0.4 is 5.11 Å². The van der Waals surface area contributed by atoms with Crippen LogP contribution in [0.3, 0.4) is 0 Å². The van der Waals surface area contributed by atoms with Gasteiger partial charge in [0.2, 0.25) is 0 Å². The first-order chi connectivity index (χ1) is 25.1. The van der Waals surface area contributed by atoms with Gasteiger partial charge in [-0.15, -0.1) is 0 Å². The topological polar surface area (TPSA) is 102 Å². The molecule has 0 aromatic heterocycles. The molecular formula is C44H81NO7. The number of hydrogen-bond donors (Lipinski definition) is 0. The zero-order valence-electron chi connectivity index (χ0n) is 34.5. The SMILES string of the molecule is CCCCC/C=C/C/C=C/CCCCCCCCCC(=O)OCC(COCCC(C(=O)[O-])[N+](C)(C)C)OC(=O)CCCCCCCCCCCCC. The van der Waals surface area contributed by atoms with Crippen molar-refractivity contribution in [3.8, 4) is 0 Å². The summed E-state index contributed by atoms with van der Waals surface area (Å²) < 4.78 is 17.1. The lowest BCUT2D eigenvalue weighted by atomic mass is 10.1. The van der Waals surface area contributed by atoms with E-state index in [1.807, 2.05) is 0 Å². The van der Waals surface area contributed by atoms with Crippen LogP contribution in [-0.2, 0) is 28.6 Å². The van der Waals surface area contributed by atoms with Gasteiger partial charge in [-0.25, -0.2) is 0 Å². The summed E-state index contributed by atoms with van der Waals surface area (Å²) >= 11 is 0. The van der Waals surface area contributed by atoms with Gasteiger partial charge in [0.1, 0.15) is 12.6 Å². The number of allylic oxidation sites excluding steroid dienone is 4. The van der Waals surface area contributed by atoms with Crippen molar-refractivity contribution >= 4 is 17.9 Å². The van der Waals surface area contributed by atoms with Crippen LogP contribution in [0.15, 0.2) is 24.3 Å². The number of unbranched alkanes of at least 4 members (excludes halogenated alkanes) is 20. The first-order valence-corrected chi connectivity index (χ1v) is 21.4. The molecule has 8 heteroatoms. The highest BCUT2D eigenvalue weighted by Crippen LogP contribution is 2.14. The Morgan fingerprint density at radius 2 is 1.02 bits per heavy atom. The van der Waals surface area contributed by atoms with Gasteiger partial charge in [-0.3, -0.25) is 9.59 Å². The molecule has 0 radical (unpaired) electrons. The van der Waals surface area contributed by atoms with E-state index < -0.39 is 18.1 Å².